The lowest BCUT2D eigenvalue weighted by molar-refractivity contribution is -0.153. The molecule has 0 aliphatic rings. The van der Waals surface area contributed by atoms with Gasteiger partial charge >= 0.3 is 5.97 Å². The van der Waals surface area contributed by atoms with Crippen molar-refractivity contribution in [1.82, 2.24) is 0 Å². The number of halogens is 1. The van der Waals surface area contributed by atoms with Crippen LogP contribution >= 0.6 is 15.9 Å². The fraction of sp³-hybridized carbons (Fsp3) is 0.909. The van der Waals surface area contributed by atoms with E-state index in [0.29, 0.717) is 0 Å². The predicted octanol–water partition coefficient (Wildman–Crippen LogP) is 2.59. The van der Waals surface area contributed by atoms with Gasteiger partial charge in [0, 0.05) is 11.2 Å². The molecule has 0 amide bonds. The molecule has 0 aromatic rings. The van der Waals surface area contributed by atoms with E-state index in [1.54, 1.807) is 0 Å². The van der Waals surface area contributed by atoms with Gasteiger partial charge in [-0.15, -0.1) is 0 Å². The van der Waals surface area contributed by atoms with Crippen molar-refractivity contribution in [3.05, 3.63) is 0 Å². The summed E-state index contributed by atoms with van der Waals surface area (Å²) in [5.41, 5.74) is 0.00560. The van der Waals surface area contributed by atoms with Gasteiger partial charge in [0.05, 0.1) is 7.11 Å². The van der Waals surface area contributed by atoms with Crippen molar-refractivity contribution in [3.63, 3.8) is 0 Å². The SMILES string of the molecule is COC(=O)C(O[SiH](C)C)[C@H](CBr)C(C)(C)C. The van der Waals surface area contributed by atoms with Crippen molar-refractivity contribution in [2.45, 2.75) is 40.0 Å². The second-order valence-corrected chi connectivity index (χ2v) is 8.27. The van der Waals surface area contributed by atoms with Crippen LogP contribution in [-0.4, -0.2) is 33.6 Å². The minimum Gasteiger partial charge on any atom is -0.467 e. The van der Waals surface area contributed by atoms with E-state index < -0.39 is 15.1 Å². The fourth-order valence-corrected chi connectivity index (χ4v) is 3.69. The van der Waals surface area contributed by atoms with Crippen molar-refractivity contribution in [1.29, 1.82) is 0 Å². The van der Waals surface area contributed by atoms with Gasteiger partial charge in [0.15, 0.2) is 9.04 Å². The third-order valence-corrected chi connectivity index (χ3v) is 4.03. The lowest BCUT2D eigenvalue weighted by Gasteiger charge is -2.35. The summed E-state index contributed by atoms with van der Waals surface area (Å²) < 4.78 is 10.6. The Morgan fingerprint density at radius 3 is 2.12 bits per heavy atom. The molecule has 2 atom stereocenters. The first-order chi connectivity index (χ1) is 7.23. The molecule has 16 heavy (non-hydrogen) atoms. The molecule has 0 saturated carbocycles. The van der Waals surface area contributed by atoms with Crippen LogP contribution < -0.4 is 0 Å². The molecule has 0 radical (unpaired) electrons. The van der Waals surface area contributed by atoms with Gasteiger partial charge in [0.25, 0.3) is 0 Å². The molecule has 0 rings (SSSR count). The summed E-state index contributed by atoms with van der Waals surface area (Å²) >= 11 is 3.47. The zero-order valence-corrected chi connectivity index (χ0v) is 13.8. The number of carbonyl (C=O) groups excluding carboxylic acids is 1. The second-order valence-electron chi connectivity index (χ2n) is 5.26. The Kier molecular flexibility index (Phi) is 6.82. The van der Waals surface area contributed by atoms with E-state index in [9.17, 15) is 4.79 Å². The smallest absolute Gasteiger partial charge is 0.334 e. The highest BCUT2D eigenvalue weighted by Gasteiger charge is 2.37. The first-order valence-electron chi connectivity index (χ1n) is 5.53. The first-order valence-corrected chi connectivity index (χ1v) is 9.43. The predicted molar refractivity (Wildman–Crippen MR) is 72.5 cm³/mol. The number of rotatable bonds is 5. The minimum absolute atomic E-state index is 0.00560. The Labute approximate surface area is 109 Å². The molecule has 0 aromatic heterocycles. The van der Waals surface area contributed by atoms with E-state index in [2.05, 4.69) is 49.8 Å². The zero-order valence-electron chi connectivity index (χ0n) is 11.0. The highest BCUT2D eigenvalue weighted by Crippen LogP contribution is 2.32. The van der Waals surface area contributed by atoms with E-state index in [-0.39, 0.29) is 17.3 Å². The van der Waals surface area contributed by atoms with Crippen molar-refractivity contribution in [2.75, 3.05) is 12.4 Å². The highest BCUT2D eigenvalue weighted by molar-refractivity contribution is 9.09. The van der Waals surface area contributed by atoms with E-state index in [4.69, 9.17) is 9.16 Å². The van der Waals surface area contributed by atoms with Gasteiger partial charge < -0.3 is 9.16 Å². The maximum absolute atomic E-state index is 11.7. The Bertz CT molecular complexity index is 226. The molecule has 96 valence electrons. The Morgan fingerprint density at radius 1 is 1.38 bits per heavy atom. The molecular formula is C11H23BrO3Si. The van der Waals surface area contributed by atoms with E-state index in [1.165, 1.54) is 7.11 Å². The van der Waals surface area contributed by atoms with Crippen LogP contribution in [0.25, 0.3) is 0 Å². The van der Waals surface area contributed by atoms with E-state index in [1.807, 2.05) is 0 Å². The number of esters is 1. The van der Waals surface area contributed by atoms with Crippen LogP contribution in [0.15, 0.2) is 0 Å². The summed E-state index contributed by atoms with van der Waals surface area (Å²) in [5, 5.41) is 0.734. The topological polar surface area (TPSA) is 35.5 Å². The van der Waals surface area contributed by atoms with Crippen molar-refractivity contribution in [2.24, 2.45) is 11.3 Å². The molecule has 0 aromatic carbocycles. The number of carbonyl (C=O) groups is 1. The maximum atomic E-state index is 11.7. The highest BCUT2D eigenvalue weighted by atomic mass is 79.9. The molecule has 1 unspecified atom stereocenters. The monoisotopic (exact) mass is 310 g/mol. The molecule has 0 aliphatic heterocycles. The molecule has 5 heteroatoms. The molecule has 0 aliphatic carbocycles. The Morgan fingerprint density at radius 2 is 1.88 bits per heavy atom. The molecule has 0 bridgehead atoms. The van der Waals surface area contributed by atoms with Crippen LogP contribution in [0.5, 0.6) is 0 Å². The molecule has 0 fully saturated rings. The standard InChI is InChI=1S/C11H23BrO3Si/c1-11(2,3)8(7-12)9(10(13)14-4)15-16(5)6/h8-9,16H,7H2,1-6H3/t8-,9?/m0/s1. The van der Waals surface area contributed by atoms with Crippen LogP contribution in [0.3, 0.4) is 0 Å². The number of methoxy groups -OCH3 is 1. The van der Waals surface area contributed by atoms with Crippen molar-refractivity contribution < 1.29 is 14.0 Å². The zero-order chi connectivity index (χ0) is 12.9. The van der Waals surface area contributed by atoms with E-state index >= 15 is 0 Å². The third-order valence-electron chi connectivity index (χ3n) is 2.50. The summed E-state index contributed by atoms with van der Waals surface area (Å²) in [6.07, 6.45) is -0.448. The third kappa shape index (κ3) is 4.97. The lowest BCUT2D eigenvalue weighted by atomic mass is 9.78. The summed E-state index contributed by atoms with van der Waals surface area (Å²) in [7, 11) is 0.149. The van der Waals surface area contributed by atoms with E-state index in [0.717, 1.165) is 5.33 Å². The van der Waals surface area contributed by atoms with Crippen LogP contribution in [0.2, 0.25) is 13.1 Å². The Balaban J connectivity index is 4.91. The average Bonchev–Trinajstić information content (AvgIpc) is 2.13. The van der Waals surface area contributed by atoms with Crippen molar-refractivity contribution in [3.8, 4) is 0 Å². The molecular weight excluding hydrogens is 288 g/mol. The minimum atomic E-state index is -1.26. The average molecular weight is 311 g/mol. The van der Waals surface area contributed by atoms with Gasteiger partial charge in [-0.3, -0.25) is 0 Å². The van der Waals surface area contributed by atoms with Crippen molar-refractivity contribution >= 4 is 30.9 Å². The normalized spacial score (nSPS) is 16.0. The second kappa shape index (κ2) is 6.76. The summed E-state index contributed by atoms with van der Waals surface area (Å²) in [5.74, 6) is -0.143. The lowest BCUT2D eigenvalue weighted by Crippen LogP contribution is -2.43. The molecule has 0 saturated heterocycles. The Hall–Kier alpha value is 0.127. The van der Waals surface area contributed by atoms with Crippen LogP contribution in [0.4, 0.5) is 0 Å². The molecule has 0 spiro atoms. The quantitative estimate of drug-likeness (QED) is 0.445. The summed E-state index contributed by atoms with van der Waals surface area (Å²) in [6, 6.07) is 0. The van der Waals surface area contributed by atoms with Crippen LogP contribution in [0, 0.1) is 11.3 Å². The molecule has 0 heterocycles. The maximum Gasteiger partial charge on any atom is 0.334 e. The fourth-order valence-electron chi connectivity index (χ4n) is 1.49. The largest absolute Gasteiger partial charge is 0.467 e. The first kappa shape index (κ1) is 16.1. The molecule has 3 nitrogen and oxygen atoms in total. The summed E-state index contributed by atoms with van der Waals surface area (Å²) in [6.45, 7) is 10.5. The number of hydrogen-bond donors (Lipinski definition) is 0. The van der Waals surface area contributed by atoms with Crippen LogP contribution in [-0.2, 0) is 14.0 Å². The number of ether oxygens (including phenoxy) is 1. The van der Waals surface area contributed by atoms with Gasteiger partial charge in [-0.25, -0.2) is 4.79 Å². The van der Waals surface area contributed by atoms with Gasteiger partial charge in [-0.2, -0.15) is 0 Å². The van der Waals surface area contributed by atoms with Gasteiger partial charge in [0.2, 0.25) is 0 Å². The molecule has 0 N–H and O–H groups in total. The number of alkyl halides is 1. The number of hydrogen-bond acceptors (Lipinski definition) is 3. The van der Waals surface area contributed by atoms with Crippen LogP contribution in [0.1, 0.15) is 20.8 Å². The van der Waals surface area contributed by atoms with Gasteiger partial charge in [-0.05, 0) is 18.5 Å². The van der Waals surface area contributed by atoms with Gasteiger partial charge in [-0.1, -0.05) is 36.7 Å². The van der Waals surface area contributed by atoms with Gasteiger partial charge in [0.1, 0.15) is 6.10 Å². The summed E-state index contributed by atoms with van der Waals surface area (Å²) in [4.78, 5) is 11.7.